The third kappa shape index (κ3) is 5.41. The highest BCUT2D eigenvalue weighted by Gasteiger charge is 2.37. The number of halogens is 6. The maximum atomic E-state index is 15.0. The van der Waals surface area contributed by atoms with Gasteiger partial charge >= 0.3 is 6.18 Å². The minimum absolute atomic E-state index is 0.121. The average molecular weight is 495 g/mol. The number of fused-ring (bicyclic) bond motifs is 1. The zero-order chi connectivity index (χ0) is 23.6. The van der Waals surface area contributed by atoms with Crippen molar-refractivity contribution in [2.45, 2.75) is 30.5 Å². The van der Waals surface area contributed by atoms with Crippen molar-refractivity contribution in [2.24, 2.45) is 0 Å². The number of hydrogen-bond acceptors (Lipinski definition) is 6. The Balaban J connectivity index is 2.05. The van der Waals surface area contributed by atoms with Crippen molar-refractivity contribution in [3.05, 3.63) is 35.2 Å². The van der Waals surface area contributed by atoms with Crippen LogP contribution >= 0.6 is 23.4 Å². The van der Waals surface area contributed by atoms with Gasteiger partial charge in [0.05, 0.1) is 11.1 Å². The van der Waals surface area contributed by atoms with Gasteiger partial charge in [-0.3, -0.25) is 0 Å². The second-order valence-electron chi connectivity index (χ2n) is 7.27. The molecule has 0 radical (unpaired) electrons. The van der Waals surface area contributed by atoms with Gasteiger partial charge in [-0.15, -0.1) is 11.8 Å². The van der Waals surface area contributed by atoms with Crippen LogP contribution in [0.15, 0.2) is 23.4 Å². The summed E-state index contributed by atoms with van der Waals surface area (Å²) in [6.07, 6.45) is -2.78. The van der Waals surface area contributed by atoms with E-state index in [1.807, 2.05) is 19.0 Å². The number of benzene rings is 1. The van der Waals surface area contributed by atoms with Crippen LogP contribution in [0.5, 0.6) is 0 Å². The monoisotopic (exact) mass is 494 g/mol. The van der Waals surface area contributed by atoms with Gasteiger partial charge in [0.1, 0.15) is 35.0 Å². The lowest BCUT2D eigenvalue weighted by atomic mass is 10.1. The van der Waals surface area contributed by atoms with Gasteiger partial charge in [-0.2, -0.15) is 32.8 Å². The number of nitrogens with one attached hydrogen (secondary N) is 1. The maximum absolute atomic E-state index is 15.0. The van der Waals surface area contributed by atoms with Crippen LogP contribution in [0.1, 0.15) is 13.3 Å². The van der Waals surface area contributed by atoms with Crippen molar-refractivity contribution in [1.82, 2.24) is 24.5 Å². The molecule has 0 saturated carbocycles. The summed E-state index contributed by atoms with van der Waals surface area (Å²) in [5.41, 5.74) is -0.977. The van der Waals surface area contributed by atoms with Gasteiger partial charge in [0.2, 0.25) is 0 Å². The number of aromatic nitrogens is 4. The molecule has 0 aliphatic carbocycles. The first-order chi connectivity index (χ1) is 15.0. The van der Waals surface area contributed by atoms with Crippen molar-refractivity contribution in [3.63, 3.8) is 0 Å². The molecule has 1 unspecified atom stereocenters. The number of alkyl halides is 3. The highest BCUT2D eigenvalue weighted by molar-refractivity contribution is 7.99. The SMILES string of the molecule is CC(Nc1c(-c2c(F)cc(SCCCN(C)C)cc2F)c(Cl)nc2ncnn12)C(F)(F)F. The molecule has 3 aromatic rings. The number of hydrogen-bond donors (Lipinski definition) is 1. The minimum Gasteiger partial charge on any atom is -0.358 e. The molecule has 3 rings (SSSR count). The summed E-state index contributed by atoms with van der Waals surface area (Å²) in [4.78, 5) is 10.1. The van der Waals surface area contributed by atoms with Gasteiger partial charge < -0.3 is 10.2 Å². The van der Waals surface area contributed by atoms with Crippen LogP contribution in [-0.2, 0) is 0 Å². The van der Waals surface area contributed by atoms with Gasteiger partial charge in [-0.1, -0.05) is 11.6 Å². The molecule has 32 heavy (non-hydrogen) atoms. The molecule has 1 aromatic carbocycles. The summed E-state index contributed by atoms with van der Waals surface area (Å²) >= 11 is 7.43. The second-order valence-corrected chi connectivity index (χ2v) is 8.80. The van der Waals surface area contributed by atoms with E-state index in [1.165, 1.54) is 11.8 Å². The van der Waals surface area contributed by atoms with Crippen LogP contribution < -0.4 is 5.32 Å². The van der Waals surface area contributed by atoms with Crippen molar-refractivity contribution in [2.75, 3.05) is 31.7 Å². The van der Waals surface area contributed by atoms with E-state index in [1.54, 1.807) is 0 Å². The van der Waals surface area contributed by atoms with E-state index in [0.717, 1.165) is 42.9 Å². The molecule has 0 bridgehead atoms. The zero-order valence-corrected chi connectivity index (χ0v) is 18.9. The van der Waals surface area contributed by atoms with Crippen LogP contribution in [-0.4, -0.2) is 63.1 Å². The van der Waals surface area contributed by atoms with Crippen molar-refractivity contribution < 1.29 is 22.0 Å². The molecule has 0 saturated heterocycles. The first kappa shape index (κ1) is 24.5. The second kappa shape index (κ2) is 9.75. The Morgan fingerprint density at radius 2 is 1.84 bits per heavy atom. The molecule has 0 amide bonds. The molecule has 1 atom stereocenters. The average Bonchev–Trinajstić information content (AvgIpc) is 3.13. The third-order valence-electron chi connectivity index (χ3n) is 4.51. The summed E-state index contributed by atoms with van der Waals surface area (Å²) < 4.78 is 70.6. The highest BCUT2D eigenvalue weighted by Crippen LogP contribution is 2.40. The van der Waals surface area contributed by atoms with Gasteiger partial charge in [-0.05, 0) is 51.9 Å². The Morgan fingerprint density at radius 3 is 2.44 bits per heavy atom. The summed E-state index contributed by atoms with van der Waals surface area (Å²) in [6, 6.07) is 0.180. The first-order valence-corrected chi connectivity index (χ1v) is 10.8. The Morgan fingerprint density at radius 1 is 1.19 bits per heavy atom. The van der Waals surface area contributed by atoms with Crippen LogP contribution in [0.2, 0.25) is 5.15 Å². The Kier molecular flexibility index (Phi) is 7.46. The predicted molar refractivity (Wildman–Crippen MR) is 114 cm³/mol. The molecule has 6 nitrogen and oxygen atoms in total. The van der Waals surface area contributed by atoms with Crippen molar-refractivity contribution >= 4 is 35.0 Å². The molecule has 0 fully saturated rings. The summed E-state index contributed by atoms with van der Waals surface area (Å²) in [6.45, 7) is 1.68. The summed E-state index contributed by atoms with van der Waals surface area (Å²) in [7, 11) is 3.85. The molecule has 2 heterocycles. The Labute approximate surface area is 190 Å². The quantitative estimate of drug-likeness (QED) is 0.203. The van der Waals surface area contributed by atoms with E-state index in [-0.39, 0.29) is 17.2 Å². The molecule has 2 aromatic heterocycles. The Hall–Kier alpha value is -2.18. The molecule has 0 spiro atoms. The van der Waals surface area contributed by atoms with Crippen LogP contribution in [0.3, 0.4) is 0 Å². The smallest absolute Gasteiger partial charge is 0.358 e. The minimum atomic E-state index is -4.63. The number of rotatable bonds is 8. The zero-order valence-electron chi connectivity index (χ0n) is 17.3. The fourth-order valence-electron chi connectivity index (χ4n) is 2.90. The largest absolute Gasteiger partial charge is 0.408 e. The number of nitrogens with zero attached hydrogens (tertiary/aromatic N) is 5. The summed E-state index contributed by atoms with van der Waals surface area (Å²) in [5, 5.41) is 5.62. The predicted octanol–water partition coefficient (Wildman–Crippen LogP) is 5.13. The van der Waals surface area contributed by atoms with Crippen molar-refractivity contribution in [3.8, 4) is 11.1 Å². The van der Waals surface area contributed by atoms with E-state index in [4.69, 9.17) is 11.6 Å². The van der Waals surface area contributed by atoms with E-state index >= 15 is 8.78 Å². The molecular weight excluding hydrogens is 475 g/mol. The standard InChI is InChI=1S/C19H20ClF5N6S/c1-10(19(23,24)25)28-17-15(16(20)29-18-26-9-27-31(17)18)14-12(21)7-11(8-13(14)22)32-6-4-5-30(2)3/h7-10,28H,4-6H2,1-3H3. The van der Waals surface area contributed by atoms with Gasteiger partial charge in [0.15, 0.2) is 0 Å². The number of thioether (sulfide) groups is 1. The normalized spacial score (nSPS) is 13.2. The van der Waals surface area contributed by atoms with E-state index < -0.39 is 34.6 Å². The van der Waals surface area contributed by atoms with Crippen LogP contribution in [0.4, 0.5) is 27.8 Å². The lowest BCUT2D eigenvalue weighted by molar-refractivity contribution is -0.138. The molecule has 0 aliphatic heterocycles. The fraction of sp³-hybridized carbons (Fsp3) is 0.421. The molecule has 174 valence electrons. The van der Waals surface area contributed by atoms with Crippen LogP contribution in [0, 0.1) is 11.6 Å². The molecule has 0 aliphatic rings. The van der Waals surface area contributed by atoms with Crippen LogP contribution in [0.25, 0.3) is 16.9 Å². The molecule has 13 heteroatoms. The lowest BCUT2D eigenvalue weighted by Crippen LogP contribution is -2.34. The number of anilines is 1. The van der Waals surface area contributed by atoms with E-state index in [2.05, 4.69) is 20.4 Å². The maximum Gasteiger partial charge on any atom is 0.408 e. The Bertz CT molecular complexity index is 1080. The van der Waals surface area contributed by atoms with Gasteiger partial charge in [0, 0.05) is 4.90 Å². The lowest BCUT2D eigenvalue weighted by Gasteiger charge is -2.21. The van der Waals surface area contributed by atoms with Gasteiger partial charge in [0.25, 0.3) is 5.78 Å². The first-order valence-electron chi connectivity index (χ1n) is 9.48. The topological polar surface area (TPSA) is 58.3 Å². The molecular formula is C19H20ClF5N6S. The van der Waals surface area contributed by atoms with E-state index in [0.29, 0.717) is 10.6 Å². The fourth-order valence-corrected chi connectivity index (χ4v) is 4.04. The molecule has 1 N–H and O–H groups in total. The van der Waals surface area contributed by atoms with E-state index in [9.17, 15) is 13.2 Å². The third-order valence-corrected chi connectivity index (χ3v) is 5.85. The van der Waals surface area contributed by atoms with Crippen molar-refractivity contribution in [1.29, 1.82) is 0 Å². The van der Waals surface area contributed by atoms with Gasteiger partial charge in [-0.25, -0.2) is 8.78 Å². The highest BCUT2D eigenvalue weighted by atomic mass is 35.5. The summed E-state index contributed by atoms with van der Waals surface area (Å²) in [5.74, 6) is -1.81.